The van der Waals surface area contributed by atoms with Gasteiger partial charge in [-0.3, -0.25) is 9.59 Å². The average Bonchev–Trinajstić information content (AvgIpc) is 2.33. The number of aryl methyl sites for hydroxylation is 1. The molecule has 4 nitrogen and oxygen atoms in total. The van der Waals surface area contributed by atoms with Crippen LogP contribution in [0, 0.1) is 6.92 Å². The maximum atomic E-state index is 11.1. The standard InChI is InChI=1S/C13H13NO3/c1-3-17-12-6-9(5-4-8(12)2)14-10-7-11(15)13(10)16/h4-7,14H,3H2,1-2H3. The van der Waals surface area contributed by atoms with Crippen LogP contribution < -0.4 is 20.9 Å². The summed E-state index contributed by atoms with van der Waals surface area (Å²) >= 11 is 0. The van der Waals surface area contributed by atoms with Crippen molar-refractivity contribution in [2.24, 2.45) is 0 Å². The van der Waals surface area contributed by atoms with E-state index in [0.29, 0.717) is 12.3 Å². The van der Waals surface area contributed by atoms with Gasteiger partial charge in [-0.25, -0.2) is 0 Å². The molecule has 0 spiro atoms. The number of benzene rings is 1. The number of hydrogen-bond donors (Lipinski definition) is 1. The van der Waals surface area contributed by atoms with Gasteiger partial charge in [-0.2, -0.15) is 0 Å². The fourth-order valence-corrected chi connectivity index (χ4v) is 1.55. The van der Waals surface area contributed by atoms with Gasteiger partial charge in [0.15, 0.2) is 0 Å². The van der Waals surface area contributed by atoms with E-state index in [-0.39, 0.29) is 0 Å². The lowest BCUT2D eigenvalue weighted by Gasteiger charge is -2.11. The fraction of sp³-hybridized carbons (Fsp3) is 0.231. The summed E-state index contributed by atoms with van der Waals surface area (Å²) in [7, 11) is 0. The molecule has 0 aliphatic rings. The normalized spacial score (nSPS) is 10.5. The summed E-state index contributed by atoms with van der Waals surface area (Å²) in [6.07, 6.45) is 0. The van der Waals surface area contributed by atoms with Crippen LogP contribution >= 0.6 is 0 Å². The lowest BCUT2D eigenvalue weighted by molar-refractivity contribution is 0.338. The Hall–Kier alpha value is -2.10. The zero-order chi connectivity index (χ0) is 12.4. The first-order valence-electron chi connectivity index (χ1n) is 5.42. The molecule has 17 heavy (non-hydrogen) atoms. The van der Waals surface area contributed by atoms with Crippen LogP contribution in [0.4, 0.5) is 11.4 Å². The first kappa shape index (κ1) is 11.4. The van der Waals surface area contributed by atoms with E-state index in [2.05, 4.69) is 5.32 Å². The summed E-state index contributed by atoms with van der Waals surface area (Å²) < 4.78 is 5.45. The summed E-state index contributed by atoms with van der Waals surface area (Å²) in [4.78, 5) is 21.9. The van der Waals surface area contributed by atoms with Crippen molar-refractivity contribution in [3.63, 3.8) is 0 Å². The third-order valence-corrected chi connectivity index (χ3v) is 2.51. The SMILES string of the molecule is CCOc1cc(Nc2cc(=O)c2=O)ccc1C. The molecule has 88 valence electrons. The molecular weight excluding hydrogens is 218 g/mol. The quantitative estimate of drug-likeness (QED) is 0.814. The van der Waals surface area contributed by atoms with Crippen LogP contribution in [-0.2, 0) is 0 Å². The van der Waals surface area contributed by atoms with Crippen molar-refractivity contribution >= 4 is 11.4 Å². The zero-order valence-electron chi connectivity index (χ0n) is 9.74. The Morgan fingerprint density at radius 3 is 2.59 bits per heavy atom. The highest BCUT2D eigenvalue weighted by Gasteiger charge is 2.10. The van der Waals surface area contributed by atoms with Crippen LogP contribution in [0.3, 0.4) is 0 Å². The molecule has 2 aromatic rings. The van der Waals surface area contributed by atoms with E-state index in [1.807, 2.05) is 32.0 Å². The minimum Gasteiger partial charge on any atom is -0.494 e. The van der Waals surface area contributed by atoms with E-state index in [9.17, 15) is 9.59 Å². The van der Waals surface area contributed by atoms with Crippen LogP contribution in [0.25, 0.3) is 0 Å². The monoisotopic (exact) mass is 231 g/mol. The molecule has 4 heteroatoms. The number of ether oxygens (including phenoxy) is 1. The van der Waals surface area contributed by atoms with Crippen molar-refractivity contribution in [3.8, 4) is 5.75 Å². The van der Waals surface area contributed by atoms with Gasteiger partial charge in [0.25, 0.3) is 0 Å². The van der Waals surface area contributed by atoms with Gasteiger partial charge in [0, 0.05) is 17.8 Å². The summed E-state index contributed by atoms with van der Waals surface area (Å²) in [6, 6.07) is 6.85. The van der Waals surface area contributed by atoms with Crippen molar-refractivity contribution in [3.05, 3.63) is 50.3 Å². The van der Waals surface area contributed by atoms with E-state index in [4.69, 9.17) is 4.74 Å². The van der Waals surface area contributed by atoms with Gasteiger partial charge in [0.1, 0.15) is 5.75 Å². The molecule has 0 saturated carbocycles. The minimum atomic E-state index is -0.469. The van der Waals surface area contributed by atoms with Gasteiger partial charge < -0.3 is 10.1 Å². The maximum absolute atomic E-state index is 11.1. The Labute approximate surface area is 98.5 Å². The van der Waals surface area contributed by atoms with Crippen molar-refractivity contribution in [2.75, 3.05) is 11.9 Å². The highest BCUT2D eigenvalue weighted by atomic mass is 16.5. The second kappa shape index (κ2) is 4.41. The molecule has 2 rings (SSSR count). The summed E-state index contributed by atoms with van der Waals surface area (Å²) in [5.74, 6) is 0.774. The molecule has 2 aromatic carbocycles. The molecule has 0 fully saturated rings. The van der Waals surface area contributed by atoms with Crippen molar-refractivity contribution in [1.82, 2.24) is 0 Å². The molecule has 0 bridgehead atoms. The molecule has 0 aliphatic heterocycles. The second-order valence-corrected chi connectivity index (χ2v) is 3.79. The van der Waals surface area contributed by atoms with Gasteiger partial charge in [-0.05, 0) is 25.5 Å². The third-order valence-electron chi connectivity index (χ3n) is 2.51. The van der Waals surface area contributed by atoms with Crippen molar-refractivity contribution in [1.29, 1.82) is 0 Å². The predicted molar refractivity (Wildman–Crippen MR) is 67.0 cm³/mol. The van der Waals surface area contributed by atoms with Crippen molar-refractivity contribution < 1.29 is 4.74 Å². The molecule has 0 aromatic heterocycles. The lowest BCUT2D eigenvalue weighted by Crippen LogP contribution is -2.31. The Morgan fingerprint density at radius 1 is 1.24 bits per heavy atom. The van der Waals surface area contributed by atoms with Crippen LogP contribution in [0.2, 0.25) is 0 Å². The third kappa shape index (κ3) is 2.20. The molecule has 1 N–H and O–H groups in total. The summed E-state index contributed by atoms with van der Waals surface area (Å²) in [5.41, 5.74) is 1.18. The molecule has 0 aliphatic carbocycles. The van der Waals surface area contributed by atoms with Crippen LogP contribution in [0.5, 0.6) is 5.75 Å². The highest BCUT2D eigenvalue weighted by molar-refractivity contribution is 5.63. The number of rotatable bonds is 4. The van der Waals surface area contributed by atoms with Gasteiger partial charge in [0.05, 0.1) is 12.3 Å². The van der Waals surface area contributed by atoms with E-state index in [1.54, 1.807) is 0 Å². The largest absolute Gasteiger partial charge is 0.494 e. The fourth-order valence-electron chi connectivity index (χ4n) is 1.55. The summed E-state index contributed by atoms with van der Waals surface area (Å²) in [5, 5.41) is 2.90. The lowest BCUT2D eigenvalue weighted by atomic mass is 10.2. The van der Waals surface area contributed by atoms with Crippen LogP contribution in [0.15, 0.2) is 33.9 Å². The van der Waals surface area contributed by atoms with Gasteiger partial charge in [-0.1, -0.05) is 6.07 Å². The van der Waals surface area contributed by atoms with Gasteiger partial charge >= 0.3 is 0 Å². The topological polar surface area (TPSA) is 55.4 Å². The average molecular weight is 231 g/mol. The molecule has 0 amide bonds. The molecule has 0 saturated heterocycles. The number of nitrogens with one attached hydrogen (secondary N) is 1. The zero-order valence-corrected chi connectivity index (χ0v) is 9.74. The van der Waals surface area contributed by atoms with Crippen molar-refractivity contribution in [2.45, 2.75) is 13.8 Å². The van der Waals surface area contributed by atoms with E-state index in [0.717, 1.165) is 17.0 Å². The Bertz CT molecular complexity index is 609. The maximum Gasteiger partial charge on any atom is 0.249 e. The predicted octanol–water partition coefficient (Wildman–Crippen LogP) is 1.73. The van der Waals surface area contributed by atoms with E-state index in [1.165, 1.54) is 6.07 Å². The first-order valence-corrected chi connectivity index (χ1v) is 5.42. The van der Waals surface area contributed by atoms with Crippen LogP contribution in [0.1, 0.15) is 12.5 Å². The van der Waals surface area contributed by atoms with Gasteiger partial charge in [0.2, 0.25) is 10.9 Å². The van der Waals surface area contributed by atoms with Gasteiger partial charge in [-0.15, -0.1) is 0 Å². The molecule has 0 atom stereocenters. The first-order chi connectivity index (χ1) is 8.11. The molecule has 0 heterocycles. The minimum absolute atomic E-state index is 0.335. The van der Waals surface area contributed by atoms with E-state index >= 15 is 0 Å². The Kier molecular flexibility index (Phi) is 2.95. The second-order valence-electron chi connectivity index (χ2n) is 3.79. The molecule has 0 radical (unpaired) electrons. The Morgan fingerprint density at radius 2 is 2.00 bits per heavy atom. The molecule has 0 unspecified atom stereocenters. The summed E-state index contributed by atoms with van der Waals surface area (Å²) in [6.45, 7) is 4.45. The van der Waals surface area contributed by atoms with E-state index < -0.39 is 10.9 Å². The molecular formula is C13H13NO3. The number of hydrogen-bond acceptors (Lipinski definition) is 4. The van der Waals surface area contributed by atoms with Crippen LogP contribution in [-0.4, -0.2) is 6.61 Å². The Balaban J connectivity index is 2.23. The highest BCUT2D eigenvalue weighted by Crippen LogP contribution is 2.24. The smallest absolute Gasteiger partial charge is 0.249 e. The number of anilines is 2.